The average molecular weight is 797 g/mol. The van der Waals surface area contributed by atoms with E-state index >= 15 is 0 Å². The number of aromatic nitrogens is 3. The molecular formula is C45H48N8O4S. The molecule has 2 atom stereocenters. The van der Waals surface area contributed by atoms with Crippen LogP contribution in [0.4, 0.5) is 17.1 Å². The van der Waals surface area contributed by atoms with Gasteiger partial charge in [0, 0.05) is 66.5 Å². The topological polar surface area (TPSA) is 137 Å². The number of hydrogen-bond donors (Lipinski definition) is 3. The third-order valence-corrected chi connectivity index (χ3v) is 14.4. The zero-order valence-corrected chi connectivity index (χ0v) is 33.3. The summed E-state index contributed by atoms with van der Waals surface area (Å²) in [5, 5.41) is 7.96. The van der Waals surface area contributed by atoms with Gasteiger partial charge < -0.3 is 24.7 Å². The first kappa shape index (κ1) is 36.0. The summed E-state index contributed by atoms with van der Waals surface area (Å²) in [5.74, 6) is 2.27. The van der Waals surface area contributed by atoms with Crippen molar-refractivity contribution < 1.29 is 14.3 Å². The van der Waals surface area contributed by atoms with Crippen molar-refractivity contribution in [1.29, 1.82) is 0 Å². The second kappa shape index (κ2) is 14.6. The van der Waals surface area contributed by atoms with Gasteiger partial charge in [0.05, 0.1) is 17.8 Å². The van der Waals surface area contributed by atoms with Gasteiger partial charge in [0.25, 0.3) is 5.91 Å². The van der Waals surface area contributed by atoms with Gasteiger partial charge in [-0.05, 0) is 129 Å². The molecule has 3 aliphatic carbocycles. The van der Waals surface area contributed by atoms with E-state index in [0.717, 1.165) is 73.4 Å². The third-order valence-electron chi connectivity index (χ3n) is 13.7. The zero-order chi connectivity index (χ0) is 38.8. The van der Waals surface area contributed by atoms with Crippen molar-refractivity contribution >= 4 is 46.0 Å². The Morgan fingerprint density at radius 3 is 2.64 bits per heavy atom. The maximum Gasteiger partial charge on any atom is 0.265 e. The van der Waals surface area contributed by atoms with Crippen LogP contribution in [0.2, 0.25) is 0 Å². The number of amides is 1. The van der Waals surface area contributed by atoms with Crippen LogP contribution in [0.25, 0.3) is 11.0 Å². The second-order valence-electron chi connectivity index (χ2n) is 17.4. The predicted molar refractivity (Wildman–Crippen MR) is 225 cm³/mol. The lowest BCUT2D eigenvalue weighted by Crippen LogP contribution is -2.54. The first-order chi connectivity index (χ1) is 28.5. The Bertz CT molecular complexity index is 2380. The van der Waals surface area contributed by atoms with Gasteiger partial charge in [-0.15, -0.1) is 4.91 Å². The summed E-state index contributed by atoms with van der Waals surface area (Å²) in [5.41, 5.74) is 6.52. The van der Waals surface area contributed by atoms with Gasteiger partial charge in [0.15, 0.2) is 0 Å². The highest BCUT2D eigenvalue weighted by atomic mass is 32.2. The van der Waals surface area contributed by atoms with Crippen LogP contribution in [0.3, 0.4) is 0 Å². The first-order valence-electron chi connectivity index (χ1n) is 21.1. The van der Waals surface area contributed by atoms with Crippen LogP contribution >= 0.6 is 11.9 Å². The molecule has 1 spiro atoms. The molecule has 6 heterocycles. The fourth-order valence-corrected chi connectivity index (χ4v) is 10.8. The number of nitrogens with one attached hydrogen (secondary N) is 3. The Morgan fingerprint density at radius 1 is 0.983 bits per heavy atom. The number of carbonyl (C=O) groups is 1. The van der Waals surface area contributed by atoms with Gasteiger partial charge in [0.2, 0.25) is 5.88 Å². The highest BCUT2D eigenvalue weighted by Crippen LogP contribution is 2.55. The number of piperidine rings is 1. The lowest BCUT2D eigenvalue weighted by molar-refractivity contribution is -0.0227. The van der Waals surface area contributed by atoms with E-state index in [-0.39, 0.29) is 17.6 Å². The van der Waals surface area contributed by atoms with Crippen molar-refractivity contribution in [3.05, 3.63) is 94.7 Å². The smallest absolute Gasteiger partial charge is 0.265 e. The van der Waals surface area contributed by atoms with Crippen LogP contribution in [0, 0.1) is 16.2 Å². The number of anilines is 2. The number of aromatic amines is 1. The minimum atomic E-state index is -0.353. The summed E-state index contributed by atoms with van der Waals surface area (Å²) >= 11 is 1.01. The Hall–Kier alpha value is -5.14. The van der Waals surface area contributed by atoms with E-state index in [9.17, 15) is 9.70 Å². The molecule has 0 bridgehead atoms. The first-order valence-corrected chi connectivity index (χ1v) is 21.9. The molecule has 5 fully saturated rings. The molecule has 3 N–H and O–H groups in total. The number of carbonyl (C=O) groups excluding carboxylic acids is 1. The van der Waals surface area contributed by atoms with E-state index in [1.807, 2.05) is 36.5 Å². The lowest BCUT2D eigenvalue weighted by Gasteiger charge is -2.56. The minimum Gasteiger partial charge on any atom is -0.474 e. The van der Waals surface area contributed by atoms with Crippen molar-refractivity contribution in [3.63, 3.8) is 0 Å². The molecule has 1 amide bonds. The van der Waals surface area contributed by atoms with Crippen LogP contribution in [-0.2, 0) is 0 Å². The number of rotatable bonds is 11. The maximum atomic E-state index is 13.9. The van der Waals surface area contributed by atoms with E-state index in [0.29, 0.717) is 63.7 Å². The van der Waals surface area contributed by atoms with Crippen LogP contribution < -0.4 is 24.4 Å². The van der Waals surface area contributed by atoms with Crippen LogP contribution in [0.15, 0.2) is 83.3 Å². The number of nitroso groups, excluding NO2 is 1. The van der Waals surface area contributed by atoms with Crippen molar-refractivity contribution in [2.45, 2.75) is 93.3 Å². The van der Waals surface area contributed by atoms with Crippen molar-refractivity contribution in [1.82, 2.24) is 24.6 Å². The summed E-state index contributed by atoms with van der Waals surface area (Å²) in [6, 6.07) is 22.0. The largest absolute Gasteiger partial charge is 0.474 e. The summed E-state index contributed by atoms with van der Waals surface area (Å²) < 4.78 is 15.3. The van der Waals surface area contributed by atoms with E-state index in [4.69, 9.17) is 9.47 Å². The van der Waals surface area contributed by atoms with E-state index in [2.05, 4.69) is 64.2 Å². The zero-order valence-electron chi connectivity index (χ0n) is 32.5. The van der Waals surface area contributed by atoms with Gasteiger partial charge in [-0.2, -0.15) is 0 Å². The summed E-state index contributed by atoms with van der Waals surface area (Å²) in [6.07, 6.45) is 16.0. The number of pyridine rings is 2. The Kier molecular flexibility index (Phi) is 9.06. The normalized spacial score (nSPS) is 22.9. The molecule has 2 saturated heterocycles. The predicted octanol–water partition coefficient (Wildman–Crippen LogP) is 9.63. The molecule has 11 rings (SSSR count). The van der Waals surface area contributed by atoms with E-state index in [1.165, 1.54) is 45.1 Å². The van der Waals surface area contributed by atoms with Crippen molar-refractivity contribution in [2.75, 3.05) is 36.5 Å². The van der Waals surface area contributed by atoms with Gasteiger partial charge in [0.1, 0.15) is 40.2 Å². The second-order valence-corrected chi connectivity index (χ2v) is 18.2. The van der Waals surface area contributed by atoms with Gasteiger partial charge in [-0.1, -0.05) is 24.3 Å². The molecule has 0 unspecified atom stereocenters. The highest BCUT2D eigenvalue weighted by molar-refractivity contribution is 7.97. The summed E-state index contributed by atoms with van der Waals surface area (Å²) in [6.45, 7) is 3.63. The minimum absolute atomic E-state index is 0.146. The van der Waals surface area contributed by atoms with Gasteiger partial charge in [-0.3, -0.25) is 14.4 Å². The molecule has 6 aliphatic rings. The molecule has 12 nitrogen and oxygen atoms in total. The van der Waals surface area contributed by atoms with Crippen LogP contribution in [0.1, 0.15) is 97.7 Å². The molecule has 3 saturated carbocycles. The fourth-order valence-electron chi connectivity index (χ4n) is 10.2. The number of fused-ring (bicyclic) bond motifs is 2. The molecule has 3 aromatic heterocycles. The number of benzene rings is 2. The number of nitrogens with zero attached hydrogens (tertiary/aromatic N) is 5. The Morgan fingerprint density at radius 2 is 1.83 bits per heavy atom. The number of H-pyrrole nitrogens is 1. The van der Waals surface area contributed by atoms with Crippen LogP contribution in [-0.4, -0.2) is 64.1 Å². The summed E-state index contributed by atoms with van der Waals surface area (Å²) in [4.78, 5) is 43.3. The standard InChI is InChI=1S/C45H48N8O4S/c54-43(51-58-40-22-36(50-55)41-44(49-40)56-26-37(48-41)28-9-10-28)35-12-11-30(21-39(35)57-32-20-29-13-16-46-42(29)47-25-32)52-18-14-45(15-19-52)23-31(24-45)53-17-3-6-38(53)34-5-2-1-4-33(34)27-7-8-27/h1-2,4-5,11-13,16,20-22,25,27-28,31,37-38,48H,3,6-10,14-15,17-19,23-24,26H2,(H,46,47)(H,51,54)/t37-,38-/m1/s1. The maximum absolute atomic E-state index is 13.9. The Labute approximate surface area is 342 Å². The molecule has 0 radical (unpaired) electrons. The number of ether oxygens (including phenoxy) is 2. The molecule has 58 heavy (non-hydrogen) atoms. The summed E-state index contributed by atoms with van der Waals surface area (Å²) in [7, 11) is 0. The van der Waals surface area contributed by atoms with Crippen molar-refractivity contribution in [3.8, 4) is 17.4 Å². The average Bonchev–Trinajstić information content (AvgIpc) is 4.18. The van der Waals surface area contributed by atoms with Gasteiger partial charge in [-0.25, -0.2) is 9.97 Å². The molecule has 298 valence electrons. The number of likely N-dealkylation sites (tertiary alicyclic amines) is 1. The monoisotopic (exact) mass is 796 g/mol. The molecule has 13 heteroatoms. The SMILES string of the molecule is O=Nc1cc(SNC(=O)c2ccc(N3CCC4(CC3)CC(N3CCC[C@@H]3c3ccccc3C3CC3)C4)cc2Oc2cnc3[nH]ccc3c2)nc2c1N[C@@H](C1CC1)CO2. The molecular weight excluding hydrogens is 749 g/mol. The third kappa shape index (κ3) is 6.85. The van der Waals surface area contributed by atoms with E-state index < -0.39 is 0 Å². The number of hydrogen-bond acceptors (Lipinski definition) is 11. The lowest BCUT2D eigenvalue weighted by atomic mass is 9.59. The Balaban J connectivity index is 0.782. The molecule has 5 aromatic rings. The molecule has 2 aromatic carbocycles. The van der Waals surface area contributed by atoms with Crippen LogP contribution in [0.5, 0.6) is 17.4 Å². The fraction of sp³-hybridized carbons (Fsp3) is 0.444. The van der Waals surface area contributed by atoms with Crippen molar-refractivity contribution in [2.24, 2.45) is 16.5 Å². The molecule has 3 aliphatic heterocycles. The quantitative estimate of drug-likeness (QED) is 0.0876. The highest BCUT2D eigenvalue weighted by Gasteiger charge is 2.50. The van der Waals surface area contributed by atoms with E-state index in [1.54, 1.807) is 23.4 Å². The van der Waals surface area contributed by atoms with Gasteiger partial charge >= 0.3 is 0 Å².